The van der Waals surface area contributed by atoms with E-state index in [-0.39, 0.29) is 0 Å². The van der Waals surface area contributed by atoms with Gasteiger partial charge in [-0.2, -0.15) is 0 Å². The fraction of sp³-hybridized carbons (Fsp3) is 0.385. The van der Waals surface area contributed by atoms with E-state index in [0.717, 1.165) is 11.1 Å². The van der Waals surface area contributed by atoms with E-state index in [0.29, 0.717) is 24.5 Å². The molecule has 0 aliphatic heterocycles. The number of aryl methyl sites for hydroxylation is 2. The minimum Gasteiger partial charge on any atom is -0.348 e. The number of carbonyl (C=O) groups is 2. The van der Waals surface area contributed by atoms with Crippen LogP contribution in [0.15, 0.2) is 18.2 Å². The van der Waals surface area contributed by atoms with Crippen LogP contribution >= 0.6 is 11.6 Å². The SMILES string of the molecule is Cc1ccc(NC(=O)C(=O)NCCCCl)c(C)c1. The van der Waals surface area contributed by atoms with E-state index in [1.165, 1.54) is 0 Å². The third kappa shape index (κ3) is 4.37. The highest BCUT2D eigenvalue weighted by Gasteiger charge is 2.13. The highest BCUT2D eigenvalue weighted by molar-refractivity contribution is 6.39. The molecule has 4 nitrogen and oxygen atoms in total. The van der Waals surface area contributed by atoms with Crippen molar-refractivity contribution in [3.8, 4) is 0 Å². The number of rotatable bonds is 4. The van der Waals surface area contributed by atoms with E-state index in [1.54, 1.807) is 6.07 Å². The van der Waals surface area contributed by atoms with Gasteiger partial charge in [0.15, 0.2) is 0 Å². The van der Waals surface area contributed by atoms with E-state index < -0.39 is 11.8 Å². The fourth-order valence-electron chi connectivity index (χ4n) is 1.48. The molecular weight excluding hydrogens is 252 g/mol. The average molecular weight is 269 g/mol. The molecule has 0 aliphatic carbocycles. The van der Waals surface area contributed by atoms with Gasteiger partial charge in [-0.25, -0.2) is 0 Å². The highest BCUT2D eigenvalue weighted by atomic mass is 35.5. The first-order chi connectivity index (χ1) is 8.54. The van der Waals surface area contributed by atoms with Crippen LogP contribution in [-0.2, 0) is 9.59 Å². The Morgan fingerprint density at radius 3 is 2.56 bits per heavy atom. The lowest BCUT2D eigenvalue weighted by Crippen LogP contribution is -2.36. The fourth-order valence-corrected chi connectivity index (χ4v) is 1.62. The molecule has 1 aromatic rings. The van der Waals surface area contributed by atoms with Crippen LogP contribution in [0.1, 0.15) is 17.5 Å². The summed E-state index contributed by atoms with van der Waals surface area (Å²) in [4.78, 5) is 23.0. The molecule has 0 saturated carbocycles. The van der Waals surface area contributed by atoms with Crippen LogP contribution in [0.5, 0.6) is 0 Å². The number of anilines is 1. The van der Waals surface area contributed by atoms with E-state index >= 15 is 0 Å². The van der Waals surface area contributed by atoms with Crippen LogP contribution in [0.3, 0.4) is 0 Å². The molecule has 98 valence electrons. The van der Waals surface area contributed by atoms with E-state index in [4.69, 9.17) is 11.6 Å². The first-order valence-corrected chi connectivity index (χ1v) is 6.30. The maximum atomic E-state index is 11.6. The maximum Gasteiger partial charge on any atom is 0.313 e. The van der Waals surface area contributed by atoms with Gasteiger partial charge < -0.3 is 10.6 Å². The maximum absolute atomic E-state index is 11.6. The van der Waals surface area contributed by atoms with Gasteiger partial charge in [0.2, 0.25) is 0 Å². The van der Waals surface area contributed by atoms with Crippen molar-refractivity contribution in [3.63, 3.8) is 0 Å². The van der Waals surface area contributed by atoms with Crippen molar-refractivity contribution in [2.24, 2.45) is 0 Å². The van der Waals surface area contributed by atoms with Crippen molar-refractivity contribution in [1.29, 1.82) is 0 Å². The number of carbonyl (C=O) groups excluding carboxylic acids is 2. The van der Waals surface area contributed by atoms with Crippen LogP contribution in [0.4, 0.5) is 5.69 Å². The zero-order valence-corrected chi connectivity index (χ0v) is 11.3. The number of nitrogens with one attached hydrogen (secondary N) is 2. The second-order valence-corrected chi connectivity index (χ2v) is 4.45. The number of halogens is 1. The summed E-state index contributed by atoms with van der Waals surface area (Å²) in [7, 11) is 0. The first-order valence-electron chi connectivity index (χ1n) is 5.77. The first kappa shape index (κ1) is 14.5. The molecule has 0 heterocycles. The molecule has 0 saturated heterocycles. The molecule has 0 bridgehead atoms. The van der Waals surface area contributed by atoms with Crippen molar-refractivity contribution in [2.45, 2.75) is 20.3 Å². The van der Waals surface area contributed by atoms with Crippen LogP contribution in [0.2, 0.25) is 0 Å². The zero-order chi connectivity index (χ0) is 13.5. The zero-order valence-electron chi connectivity index (χ0n) is 10.5. The Morgan fingerprint density at radius 1 is 1.22 bits per heavy atom. The second kappa shape index (κ2) is 7.01. The molecule has 0 radical (unpaired) electrons. The molecule has 0 aromatic heterocycles. The molecule has 18 heavy (non-hydrogen) atoms. The van der Waals surface area contributed by atoms with Gasteiger partial charge in [-0.3, -0.25) is 9.59 Å². The molecule has 1 rings (SSSR count). The number of benzene rings is 1. The monoisotopic (exact) mass is 268 g/mol. The topological polar surface area (TPSA) is 58.2 Å². The van der Waals surface area contributed by atoms with Gasteiger partial charge in [0.05, 0.1) is 0 Å². The summed E-state index contributed by atoms with van der Waals surface area (Å²) in [6.45, 7) is 4.26. The van der Waals surface area contributed by atoms with Crippen LogP contribution < -0.4 is 10.6 Å². The molecule has 0 aliphatic rings. The summed E-state index contributed by atoms with van der Waals surface area (Å²) < 4.78 is 0. The number of hydrogen-bond donors (Lipinski definition) is 2. The molecule has 0 atom stereocenters. The average Bonchev–Trinajstić information content (AvgIpc) is 2.32. The number of amides is 2. The lowest BCUT2D eigenvalue weighted by molar-refractivity contribution is -0.136. The van der Waals surface area contributed by atoms with Gasteiger partial charge in [-0.05, 0) is 31.9 Å². The predicted octanol–water partition coefficient (Wildman–Crippen LogP) is 1.99. The Bertz CT molecular complexity index is 447. The molecule has 2 N–H and O–H groups in total. The van der Waals surface area contributed by atoms with Crippen LogP contribution in [-0.4, -0.2) is 24.2 Å². The standard InChI is InChI=1S/C13H17ClN2O2/c1-9-4-5-11(10(2)8-9)16-13(18)12(17)15-7-3-6-14/h4-5,8H,3,6-7H2,1-2H3,(H,15,17)(H,16,18). The van der Waals surface area contributed by atoms with Crippen LogP contribution in [0.25, 0.3) is 0 Å². The third-order valence-corrected chi connectivity index (χ3v) is 2.70. The minimum absolute atomic E-state index is 0.405. The van der Waals surface area contributed by atoms with Crippen LogP contribution in [0, 0.1) is 13.8 Å². The largest absolute Gasteiger partial charge is 0.348 e. The molecule has 0 unspecified atom stereocenters. The molecule has 0 spiro atoms. The van der Waals surface area contributed by atoms with E-state index in [2.05, 4.69) is 10.6 Å². The summed E-state index contributed by atoms with van der Waals surface area (Å²) in [5, 5.41) is 5.08. The van der Waals surface area contributed by atoms with Gasteiger partial charge in [-0.15, -0.1) is 11.6 Å². The lowest BCUT2D eigenvalue weighted by Gasteiger charge is -2.09. The number of alkyl halides is 1. The number of hydrogen-bond acceptors (Lipinski definition) is 2. The van der Waals surface area contributed by atoms with Gasteiger partial charge in [0.25, 0.3) is 0 Å². The Hall–Kier alpha value is -1.55. The van der Waals surface area contributed by atoms with E-state index in [9.17, 15) is 9.59 Å². The smallest absolute Gasteiger partial charge is 0.313 e. The Balaban J connectivity index is 2.56. The van der Waals surface area contributed by atoms with E-state index in [1.807, 2.05) is 26.0 Å². The molecular formula is C13H17ClN2O2. The Labute approximate surface area is 112 Å². The van der Waals surface area contributed by atoms with Crippen molar-refractivity contribution in [1.82, 2.24) is 5.32 Å². The quantitative estimate of drug-likeness (QED) is 0.498. The lowest BCUT2D eigenvalue weighted by atomic mass is 10.1. The summed E-state index contributed by atoms with van der Waals surface area (Å²) in [6, 6.07) is 5.61. The van der Waals surface area contributed by atoms with Crippen molar-refractivity contribution in [2.75, 3.05) is 17.7 Å². The minimum atomic E-state index is -0.656. The highest BCUT2D eigenvalue weighted by Crippen LogP contribution is 2.15. The third-order valence-electron chi connectivity index (χ3n) is 2.43. The molecule has 1 aromatic carbocycles. The normalized spacial score (nSPS) is 9.94. The summed E-state index contributed by atoms with van der Waals surface area (Å²) in [5.41, 5.74) is 2.69. The van der Waals surface area contributed by atoms with Gasteiger partial charge in [0, 0.05) is 18.1 Å². The summed E-state index contributed by atoms with van der Waals surface area (Å²) in [6.07, 6.45) is 0.643. The van der Waals surface area contributed by atoms with Gasteiger partial charge >= 0.3 is 11.8 Å². The summed E-state index contributed by atoms with van der Waals surface area (Å²) in [5.74, 6) is -0.837. The van der Waals surface area contributed by atoms with Gasteiger partial charge in [-0.1, -0.05) is 17.7 Å². The Kier molecular flexibility index (Phi) is 5.65. The molecule has 0 fully saturated rings. The molecule has 5 heteroatoms. The summed E-state index contributed by atoms with van der Waals surface area (Å²) >= 11 is 5.48. The Morgan fingerprint density at radius 2 is 1.94 bits per heavy atom. The second-order valence-electron chi connectivity index (χ2n) is 4.07. The van der Waals surface area contributed by atoms with Gasteiger partial charge in [0.1, 0.15) is 0 Å². The van der Waals surface area contributed by atoms with Crippen molar-refractivity contribution < 1.29 is 9.59 Å². The molecule has 2 amide bonds. The van der Waals surface area contributed by atoms with Crippen molar-refractivity contribution >= 4 is 29.1 Å². The van der Waals surface area contributed by atoms with Crippen molar-refractivity contribution in [3.05, 3.63) is 29.3 Å². The predicted molar refractivity (Wildman–Crippen MR) is 72.9 cm³/mol.